The third-order valence-corrected chi connectivity index (χ3v) is 3.17. The smallest absolute Gasteiger partial charge is 0.410 e. The van der Waals surface area contributed by atoms with Crippen LogP contribution in [0.5, 0.6) is 0 Å². The SMILES string of the molecule is Cc1cc(N2CCN(C(=O)OC(C)(C)C)CC2)cc(=O)o1. The van der Waals surface area contributed by atoms with Crippen molar-refractivity contribution in [3.05, 3.63) is 28.3 Å². The number of piperazine rings is 1. The molecule has 116 valence electrons. The van der Waals surface area contributed by atoms with E-state index in [1.807, 2.05) is 26.8 Å². The van der Waals surface area contributed by atoms with Crippen LogP contribution < -0.4 is 10.5 Å². The lowest BCUT2D eigenvalue weighted by molar-refractivity contribution is 0.0240. The van der Waals surface area contributed by atoms with Gasteiger partial charge in [-0.3, -0.25) is 0 Å². The minimum absolute atomic E-state index is 0.286. The highest BCUT2D eigenvalue weighted by Crippen LogP contribution is 2.17. The van der Waals surface area contributed by atoms with Crippen LogP contribution in [0.2, 0.25) is 0 Å². The van der Waals surface area contributed by atoms with Gasteiger partial charge in [-0.15, -0.1) is 0 Å². The number of hydrogen-bond acceptors (Lipinski definition) is 5. The lowest BCUT2D eigenvalue weighted by atomic mass is 10.2. The summed E-state index contributed by atoms with van der Waals surface area (Å²) >= 11 is 0. The molecular weight excluding hydrogens is 272 g/mol. The van der Waals surface area contributed by atoms with E-state index in [9.17, 15) is 9.59 Å². The lowest BCUT2D eigenvalue weighted by Gasteiger charge is -2.36. The van der Waals surface area contributed by atoms with Crippen molar-refractivity contribution in [2.75, 3.05) is 31.1 Å². The van der Waals surface area contributed by atoms with Gasteiger partial charge in [-0.05, 0) is 33.8 Å². The number of aryl methyl sites for hydroxylation is 1. The zero-order chi connectivity index (χ0) is 15.6. The van der Waals surface area contributed by atoms with E-state index >= 15 is 0 Å². The van der Waals surface area contributed by atoms with E-state index in [1.54, 1.807) is 11.8 Å². The molecule has 0 spiro atoms. The fourth-order valence-corrected chi connectivity index (χ4v) is 2.24. The second-order valence-corrected chi connectivity index (χ2v) is 6.20. The minimum atomic E-state index is -0.482. The van der Waals surface area contributed by atoms with Crippen molar-refractivity contribution in [3.8, 4) is 0 Å². The van der Waals surface area contributed by atoms with Crippen molar-refractivity contribution in [3.63, 3.8) is 0 Å². The average molecular weight is 294 g/mol. The molecular formula is C15H22N2O4. The third-order valence-electron chi connectivity index (χ3n) is 3.17. The van der Waals surface area contributed by atoms with E-state index in [2.05, 4.69) is 4.90 Å². The van der Waals surface area contributed by atoms with Crippen LogP contribution in [0, 0.1) is 6.92 Å². The first-order chi connectivity index (χ1) is 9.74. The van der Waals surface area contributed by atoms with E-state index in [1.165, 1.54) is 6.07 Å². The van der Waals surface area contributed by atoms with Crippen molar-refractivity contribution in [2.45, 2.75) is 33.3 Å². The van der Waals surface area contributed by atoms with Gasteiger partial charge in [0.05, 0.1) is 0 Å². The summed E-state index contributed by atoms with van der Waals surface area (Å²) in [6.45, 7) is 9.81. The second kappa shape index (κ2) is 5.79. The fourth-order valence-electron chi connectivity index (χ4n) is 2.24. The van der Waals surface area contributed by atoms with E-state index < -0.39 is 5.60 Å². The maximum absolute atomic E-state index is 12.0. The molecule has 0 atom stereocenters. The molecule has 2 heterocycles. The highest BCUT2D eigenvalue weighted by atomic mass is 16.6. The van der Waals surface area contributed by atoms with Gasteiger partial charge in [-0.2, -0.15) is 0 Å². The van der Waals surface area contributed by atoms with Crippen LogP contribution >= 0.6 is 0 Å². The van der Waals surface area contributed by atoms with Crippen molar-refractivity contribution in [1.82, 2.24) is 4.90 Å². The number of carbonyl (C=O) groups is 1. The number of ether oxygens (including phenoxy) is 1. The van der Waals surface area contributed by atoms with Gasteiger partial charge in [0.2, 0.25) is 0 Å². The Labute approximate surface area is 124 Å². The van der Waals surface area contributed by atoms with Crippen LogP contribution in [0.4, 0.5) is 10.5 Å². The first-order valence-corrected chi connectivity index (χ1v) is 7.09. The molecule has 1 amide bonds. The van der Waals surface area contributed by atoms with Crippen LogP contribution in [0.15, 0.2) is 21.3 Å². The molecule has 21 heavy (non-hydrogen) atoms. The molecule has 1 saturated heterocycles. The largest absolute Gasteiger partial charge is 0.444 e. The van der Waals surface area contributed by atoms with Crippen molar-refractivity contribution in [2.24, 2.45) is 0 Å². The summed E-state index contributed by atoms with van der Waals surface area (Å²) in [5.41, 5.74) is 0.0103. The molecule has 0 radical (unpaired) electrons. The molecule has 1 fully saturated rings. The molecule has 6 nitrogen and oxygen atoms in total. The highest BCUT2D eigenvalue weighted by molar-refractivity contribution is 5.68. The number of amides is 1. The van der Waals surface area contributed by atoms with Crippen molar-refractivity contribution >= 4 is 11.8 Å². The summed E-state index contributed by atoms with van der Waals surface area (Å²) in [6, 6.07) is 3.32. The maximum atomic E-state index is 12.0. The highest BCUT2D eigenvalue weighted by Gasteiger charge is 2.26. The number of carbonyl (C=O) groups excluding carboxylic acids is 1. The van der Waals surface area contributed by atoms with E-state index in [-0.39, 0.29) is 11.7 Å². The molecule has 0 unspecified atom stereocenters. The summed E-state index contributed by atoms with van der Waals surface area (Å²) in [4.78, 5) is 27.2. The molecule has 0 aromatic carbocycles. The standard InChI is InChI=1S/C15H22N2O4/c1-11-9-12(10-13(18)20-11)16-5-7-17(8-6-16)14(19)21-15(2,3)4/h9-10H,5-8H2,1-4H3. The lowest BCUT2D eigenvalue weighted by Crippen LogP contribution is -2.50. The van der Waals surface area contributed by atoms with Crippen molar-refractivity contribution in [1.29, 1.82) is 0 Å². The molecule has 1 aromatic heterocycles. The Morgan fingerprint density at radius 3 is 2.33 bits per heavy atom. The molecule has 0 aliphatic carbocycles. The quantitative estimate of drug-likeness (QED) is 0.793. The van der Waals surface area contributed by atoms with Gasteiger partial charge >= 0.3 is 11.7 Å². The van der Waals surface area contributed by atoms with Gasteiger partial charge in [-0.25, -0.2) is 9.59 Å². The van der Waals surface area contributed by atoms with Crippen LogP contribution in [0.3, 0.4) is 0 Å². The Kier molecular flexibility index (Phi) is 4.25. The summed E-state index contributed by atoms with van der Waals surface area (Å²) in [6.07, 6.45) is -0.286. The van der Waals surface area contributed by atoms with Gasteiger partial charge in [0.1, 0.15) is 11.4 Å². The summed E-state index contributed by atoms with van der Waals surface area (Å²) in [7, 11) is 0. The Morgan fingerprint density at radius 1 is 1.19 bits per heavy atom. The molecule has 0 bridgehead atoms. The van der Waals surface area contributed by atoms with Gasteiger partial charge in [0.25, 0.3) is 0 Å². The van der Waals surface area contributed by atoms with Crippen LogP contribution in [0.25, 0.3) is 0 Å². The number of hydrogen-bond donors (Lipinski definition) is 0. The summed E-state index contributed by atoms with van der Waals surface area (Å²) < 4.78 is 10.3. The second-order valence-electron chi connectivity index (χ2n) is 6.20. The zero-order valence-corrected chi connectivity index (χ0v) is 13.0. The monoisotopic (exact) mass is 294 g/mol. The van der Waals surface area contributed by atoms with Crippen molar-refractivity contribution < 1.29 is 13.9 Å². The average Bonchev–Trinajstić information content (AvgIpc) is 2.35. The van der Waals surface area contributed by atoms with E-state index in [0.717, 1.165) is 5.69 Å². The Bertz CT molecular complexity index is 566. The number of rotatable bonds is 1. The number of anilines is 1. The number of nitrogens with zero attached hydrogens (tertiary/aromatic N) is 2. The first kappa shape index (κ1) is 15.4. The summed E-state index contributed by atoms with van der Waals surface area (Å²) in [5.74, 6) is 0.590. The predicted octanol–water partition coefficient (Wildman–Crippen LogP) is 2.01. The Balaban J connectivity index is 1.97. The van der Waals surface area contributed by atoms with Gasteiger partial charge < -0.3 is 19.0 Å². The van der Waals surface area contributed by atoms with E-state index in [0.29, 0.717) is 31.9 Å². The molecule has 1 aliphatic rings. The minimum Gasteiger partial charge on any atom is -0.444 e. The normalized spacial score (nSPS) is 16.0. The van der Waals surface area contributed by atoms with Crippen LogP contribution in [-0.4, -0.2) is 42.8 Å². The third kappa shape index (κ3) is 4.24. The topological polar surface area (TPSA) is 63.0 Å². The predicted molar refractivity (Wildman–Crippen MR) is 79.7 cm³/mol. The van der Waals surface area contributed by atoms with Gasteiger partial charge in [0.15, 0.2) is 0 Å². The molecule has 1 aromatic rings. The van der Waals surface area contributed by atoms with Gasteiger partial charge in [0, 0.05) is 37.9 Å². The Morgan fingerprint density at radius 2 is 1.81 bits per heavy atom. The molecule has 2 rings (SSSR count). The summed E-state index contributed by atoms with van der Waals surface area (Å²) in [5, 5.41) is 0. The fraction of sp³-hybridized carbons (Fsp3) is 0.600. The van der Waals surface area contributed by atoms with E-state index in [4.69, 9.17) is 9.15 Å². The molecule has 0 N–H and O–H groups in total. The molecule has 1 aliphatic heterocycles. The first-order valence-electron chi connectivity index (χ1n) is 7.09. The maximum Gasteiger partial charge on any atom is 0.410 e. The molecule has 0 saturated carbocycles. The molecule has 6 heteroatoms. The zero-order valence-electron chi connectivity index (χ0n) is 13.0. The Hall–Kier alpha value is -1.98. The van der Waals surface area contributed by atoms with Gasteiger partial charge in [-0.1, -0.05) is 0 Å². The van der Waals surface area contributed by atoms with Crippen LogP contribution in [0.1, 0.15) is 26.5 Å². The van der Waals surface area contributed by atoms with Crippen LogP contribution in [-0.2, 0) is 4.74 Å².